The van der Waals surface area contributed by atoms with Crippen molar-refractivity contribution in [1.82, 2.24) is 9.55 Å². The summed E-state index contributed by atoms with van der Waals surface area (Å²) in [7, 11) is 0. The molecule has 29 heavy (non-hydrogen) atoms. The third kappa shape index (κ3) is 5.10. The molecule has 0 aliphatic rings. The predicted octanol–water partition coefficient (Wildman–Crippen LogP) is 2.71. The Bertz CT molecular complexity index is 1110. The molecule has 0 saturated heterocycles. The fraction of sp³-hybridized carbons (Fsp3) is 0.238. The Morgan fingerprint density at radius 1 is 1.17 bits per heavy atom. The molecule has 8 heteroatoms. The molecule has 0 radical (unpaired) electrons. The maximum Gasteiger partial charge on any atom is 0.262 e. The summed E-state index contributed by atoms with van der Waals surface area (Å²) < 4.78 is 1.49. The van der Waals surface area contributed by atoms with Crippen LogP contribution in [0.3, 0.4) is 0 Å². The van der Waals surface area contributed by atoms with Crippen LogP contribution in [0, 0.1) is 0 Å². The maximum atomic E-state index is 12.8. The summed E-state index contributed by atoms with van der Waals surface area (Å²) in [6, 6.07) is 13.8. The molecule has 3 rings (SSSR count). The van der Waals surface area contributed by atoms with Gasteiger partial charge in [-0.15, -0.1) is 0 Å². The van der Waals surface area contributed by atoms with Crippen LogP contribution in [0.25, 0.3) is 10.9 Å². The average molecular weight is 411 g/mol. The van der Waals surface area contributed by atoms with E-state index >= 15 is 0 Å². The highest BCUT2D eigenvalue weighted by Gasteiger charge is 2.13. The number of rotatable bonds is 8. The number of nitrogens with one attached hydrogen (secondary N) is 1. The van der Waals surface area contributed by atoms with E-state index in [0.717, 1.165) is 11.8 Å². The minimum Gasteiger partial charge on any atom is -0.396 e. The van der Waals surface area contributed by atoms with E-state index in [2.05, 4.69) is 10.3 Å². The van der Waals surface area contributed by atoms with Crippen molar-refractivity contribution >= 4 is 40.0 Å². The van der Waals surface area contributed by atoms with E-state index in [0.29, 0.717) is 40.3 Å². The summed E-state index contributed by atoms with van der Waals surface area (Å²) in [4.78, 5) is 41.2. The third-order valence-electron chi connectivity index (χ3n) is 4.25. The topological polar surface area (TPSA) is 101 Å². The van der Waals surface area contributed by atoms with Gasteiger partial charge in [0, 0.05) is 24.4 Å². The fourth-order valence-electron chi connectivity index (χ4n) is 2.83. The van der Waals surface area contributed by atoms with Crippen LogP contribution in [0.1, 0.15) is 23.7 Å². The zero-order chi connectivity index (χ0) is 20.8. The molecule has 0 aliphatic heterocycles. The predicted molar refractivity (Wildman–Crippen MR) is 114 cm³/mol. The van der Waals surface area contributed by atoms with E-state index in [9.17, 15) is 14.4 Å². The van der Waals surface area contributed by atoms with Gasteiger partial charge >= 0.3 is 0 Å². The number of anilines is 1. The highest BCUT2D eigenvalue weighted by Crippen LogP contribution is 2.19. The van der Waals surface area contributed by atoms with Gasteiger partial charge in [0.15, 0.2) is 10.9 Å². The van der Waals surface area contributed by atoms with Crippen LogP contribution in [0.4, 0.5) is 5.69 Å². The summed E-state index contributed by atoms with van der Waals surface area (Å²) in [5, 5.41) is 12.8. The number of amides is 1. The first-order valence-corrected chi connectivity index (χ1v) is 10.1. The lowest BCUT2D eigenvalue weighted by molar-refractivity contribution is -0.113. The molecular weight excluding hydrogens is 390 g/mol. The number of Topliss-reactive ketones (excluding diaryl/α,β-unsaturated/α-hetero) is 1. The standard InChI is InChI=1S/C21H21N3O4S/c1-14(26)15-6-4-7-16(12-15)22-19(27)13-29-21-23-18-9-3-2-8-17(18)20(28)24(21)10-5-11-25/h2-4,6-9,12,25H,5,10-11,13H2,1H3,(H,22,27). The molecule has 1 heterocycles. The number of carbonyl (C=O) groups excluding carboxylic acids is 2. The molecule has 1 aromatic heterocycles. The van der Waals surface area contributed by atoms with Crippen LogP contribution in [0.5, 0.6) is 0 Å². The summed E-state index contributed by atoms with van der Waals surface area (Å²) in [5.74, 6) is -0.302. The number of carbonyl (C=O) groups is 2. The van der Waals surface area contributed by atoms with Crippen molar-refractivity contribution in [1.29, 1.82) is 0 Å². The van der Waals surface area contributed by atoms with Crippen molar-refractivity contribution in [2.45, 2.75) is 25.0 Å². The van der Waals surface area contributed by atoms with Gasteiger partial charge in [0.1, 0.15) is 0 Å². The first-order valence-electron chi connectivity index (χ1n) is 9.13. The number of para-hydroxylation sites is 1. The summed E-state index contributed by atoms with van der Waals surface area (Å²) in [6.45, 7) is 1.74. The summed E-state index contributed by atoms with van der Waals surface area (Å²) >= 11 is 1.16. The molecule has 0 unspecified atom stereocenters. The molecule has 7 nitrogen and oxygen atoms in total. The molecule has 3 aromatic rings. The Labute approximate surface area is 171 Å². The van der Waals surface area contributed by atoms with Gasteiger partial charge in [0.25, 0.3) is 5.56 Å². The van der Waals surface area contributed by atoms with E-state index in [1.54, 1.807) is 48.5 Å². The molecule has 1 amide bonds. The highest BCUT2D eigenvalue weighted by atomic mass is 32.2. The van der Waals surface area contributed by atoms with Gasteiger partial charge in [-0.05, 0) is 37.6 Å². The first kappa shape index (κ1) is 20.8. The Hall–Kier alpha value is -2.97. The number of aliphatic hydroxyl groups excluding tert-OH is 1. The normalized spacial score (nSPS) is 10.8. The highest BCUT2D eigenvalue weighted by molar-refractivity contribution is 7.99. The van der Waals surface area contributed by atoms with Crippen LogP contribution in [-0.4, -0.2) is 38.7 Å². The van der Waals surface area contributed by atoms with E-state index in [-0.39, 0.29) is 29.6 Å². The monoisotopic (exact) mass is 411 g/mol. The van der Waals surface area contributed by atoms with Crippen molar-refractivity contribution in [3.05, 3.63) is 64.4 Å². The number of aliphatic hydroxyl groups is 1. The second-order valence-corrected chi connectivity index (χ2v) is 7.36. The SMILES string of the molecule is CC(=O)c1cccc(NC(=O)CSc2nc3ccccc3c(=O)n2CCCO)c1. The summed E-state index contributed by atoms with van der Waals surface area (Å²) in [5.41, 5.74) is 1.42. The Morgan fingerprint density at radius 3 is 2.72 bits per heavy atom. The van der Waals surface area contributed by atoms with Gasteiger partial charge in [-0.3, -0.25) is 19.0 Å². The Kier molecular flexibility index (Phi) is 6.79. The van der Waals surface area contributed by atoms with Crippen molar-refractivity contribution < 1.29 is 14.7 Å². The smallest absolute Gasteiger partial charge is 0.262 e. The molecule has 0 atom stereocenters. The third-order valence-corrected chi connectivity index (χ3v) is 5.23. The van der Waals surface area contributed by atoms with E-state index in [1.165, 1.54) is 11.5 Å². The molecule has 0 bridgehead atoms. The van der Waals surface area contributed by atoms with Crippen LogP contribution in [0.15, 0.2) is 58.5 Å². The Morgan fingerprint density at radius 2 is 1.97 bits per heavy atom. The molecule has 2 aromatic carbocycles. The molecule has 2 N–H and O–H groups in total. The van der Waals surface area contributed by atoms with Crippen molar-refractivity contribution in [2.24, 2.45) is 0 Å². The van der Waals surface area contributed by atoms with Gasteiger partial charge in [-0.2, -0.15) is 0 Å². The molecular formula is C21H21N3O4S. The van der Waals surface area contributed by atoms with Gasteiger partial charge in [0.05, 0.1) is 16.7 Å². The number of thioether (sulfide) groups is 1. The Balaban J connectivity index is 1.78. The lowest BCUT2D eigenvalue weighted by atomic mass is 10.1. The fourth-order valence-corrected chi connectivity index (χ4v) is 3.65. The van der Waals surface area contributed by atoms with Gasteiger partial charge in [0.2, 0.25) is 5.91 Å². The van der Waals surface area contributed by atoms with E-state index < -0.39 is 0 Å². The van der Waals surface area contributed by atoms with Gasteiger partial charge < -0.3 is 10.4 Å². The number of fused-ring (bicyclic) bond motifs is 1. The number of hydrogen-bond donors (Lipinski definition) is 2. The number of hydrogen-bond acceptors (Lipinski definition) is 6. The van der Waals surface area contributed by atoms with Crippen molar-refractivity contribution in [3.63, 3.8) is 0 Å². The van der Waals surface area contributed by atoms with Gasteiger partial charge in [-0.25, -0.2) is 4.98 Å². The van der Waals surface area contributed by atoms with Crippen LogP contribution in [-0.2, 0) is 11.3 Å². The van der Waals surface area contributed by atoms with Gasteiger partial charge in [-0.1, -0.05) is 36.0 Å². The number of benzene rings is 2. The second-order valence-electron chi connectivity index (χ2n) is 6.42. The molecule has 0 fully saturated rings. The molecule has 150 valence electrons. The number of ketones is 1. The first-order chi connectivity index (χ1) is 14.0. The molecule has 0 aliphatic carbocycles. The van der Waals surface area contributed by atoms with Crippen molar-refractivity contribution in [2.75, 3.05) is 17.7 Å². The van der Waals surface area contributed by atoms with Crippen LogP contribution >= 0.6 is 11.8 Å². The second kappa shape index (κ2) is 9.49. The number of nitrogens with zero attached hydrogens (tertiary/aromatic N) is 2. The van der Waals surface area contributed by atoms with E-state index in [1.807, 2.05) is 0 Å². The van der Waals surface area contributed by atoms with Crippen molar-refractivity contribution in [3.8, 4) is 0 Å². The minimum absolute atomic E-state index is 0.0453. The van der Waals surface area contributed by atoms with Crippen LogP contribution in [0.2, 0.25) is 0 Å². The van der Waals surface area contributed by atoms with Crippen LogP contribution < -0.4 is 10.9 Å². The zero-order valence-electron chi connectivity index (χ0n) is 15.9. The number of aromatic nitrogens is 2. The van der Waals surface area contributed by atoms with E-state index in [4.69, 9.17) is 5.11 Å². The minimum atomic E-state index is -0.271. The quantitative estimate of drug-likeness (QED) is 0.336. The largest absolute Gasteiger partial charge is 0.396 e. The lowest BCUT2D eigenvalue weighted by Crippen LogP contribution is -2.24. The molecule has 0 spiro atoms. The maximum absolute atomic E-state index is 12.8. The lowest BCUT2D eigenvalue weighted by Gasteiger charge is -2.12. The zero-order valence-corrected chi connectivity index (χ0v) is 16.7. The summed E-state index contributed by atoms with van der Waals surface area (Å²) in [6.07, 6.45) is 0.414. The molecule has 0 saturated carbocycles. The average Bonchev–Trinajstić information content (AvgIpc) is 2.72.